The predicted molar refractivity (Wildman–Crippen MR) is 85.3 cm³/mol. The van der Waals surface area contributed by atoms with Crippen LogP contribution >= 0.6 is 0 Å². The Morgan fingerprint density at radius 2 is 2.16 bits per heavy atom. The van der Waals surface area contributed by atoms with Gasteiger partial charge in [-0.15, -0.1) is 15.3 Å². The Kier molecular flexibility index (Phi) is 3.83. The number of ether oxygens (including phenoxy) is 2. The van der Waals surface area contributed by atoms with Gasteiger partial charge in [-0.05, 0) is 30.2 Å². The van der Waals surface area contributed by atoms with Crippen LogP contribution in [0.3, 0.4) is 0 Å². The molecule has 4 rings (SSSR count). The second-order valence-electron chi connectivity index (χ2n) is 5.68. The van der Waals surface area contributed by atoms with Gasteiger partial charge < -0.3 is 14.8 Å². The number of hydrogen-bond acceptors (Lipinski definition) is 6. The summed E-state index contributed by atoms with van der Waals surface area (Å²) < 4.78 is 37.9. The summed E-state index contributed by atoms with van der Waals surface area (Å²) in [5, 5.41) is 14.5. The highest BCUT2D eigenvalue weighted by atomic mass is 19.3. The highest BCUT2D eigenvalue weighted by molar-refractivity contribution is 5.47. The number of halogens is 2. The van der Waals surface area contributed by atoms with E-state index in [0.29, 0.717) is 12.4 Å². The van der Waals surface area contributed by atoms with Crippen LogP contribution in [0.5, 0.6) is 11.5 Å². The van der Waals surface area contributed by atoms with Crippen LogP contribution in [0, 0.1) is 0 Å². The van der Waals surface area contributed by atoms with E-state index in [2.05, 4.69) is 20.6 Å². The first-order chi connectivity index (χ1) is 12.1. The first kappa shape index (κ1) is 15.6. The molecule has 2 aromatic heterocycles. The Bertz CT molecular complexity index is 915. The first-order valence-electron chi connectivity index (χ1n) is 7.71. The Morgan fingerprint density at radius 3 is 2.96 bits per heavy atom. The van der Waals surface area contributed by atoms with Crippen molar-refractivity contribution < 1.29 is 18.3 Å². The molecule has 0 amide bonds. The smallest absolute Gasteiger partial charge is 0.299 e. The third-order valence-electron chi connectivity index (χ3n) is 4.01. The molecule has 0 saturated heterocycles. The molecule has 0 bridgehead atoms. The molecule has 25 heavy (non-hydrogen) atoms. The largest absolute Gasteiger partial charge is 0.497 e. The monoisotopic (exact) mass is 347 g/mol. The van der Waals surface area contributed by atoms with Crippen molar-refractivity contribution in [3.8, 4) is 11.5 Å². The van der Waals surface area contributed by atoms with Crippen molar-refractivity contribution >= 4 is 11.5 Å². The lowest BCUT2D eigenvalue weighted by Crippen LogP contribution is -2.33. The van der Waals surface area contributed by atoms with Crippen LogP contribution in [-0.4, -0.2) is 39.6 Å². The zero-order valence-electron chi connectivity index (χ0n) is 13.3. The SMILES string of the molecule is COc1ccc2c(c1)OCC(Nc1ccc3nnc(C(F)F)n3n1)C2. The van der Waals surface area contributed by atoms with Crippen molar-refractivity contribution in [3.63, 3.8) is 0 Å². The van der Waals surface area contributed by atoms with E-state index < -0.39 is 12.2 Å². The van der Waals surface area contributed by atoms with Gasteiger partial charge in [0, 0.05) is 6.07 Å². The zero-order chi connectivity index (χ0) is 17.4. The number of hydrogen-bond donors (Lipinski definition) is 1. The Morgan fingerprint density at radius 1 is 1.28 bits per heavy atom. The summed E-state index contributed by atoms with van der Waals surface area (Å²) in [5.74, 6) is 1.51. The highest BCUT2D eigenvalue weighted by Crippen LogP contribution is 2.29. The molecule has 3 heterocycles. The highest BCUT2D eigenvalue weighted by Gasteiger charge is 2.22. The third kappa shape index (κ3) is 2.92. The van der Waals surface area contributed by atoms with Gasteiger partial charge in [-0.25, -0.2) is 8.78 Å². The lowest BCUT2D eigenvalue weighted by atomic mass is 10.0. The van der Waals surface area contributed by atoms with E-state index in [1.165, 1.54) is 0 Å². The molecule has 1 atom stereocenters. The maximum Gasteiger partial charge on any atom is 0.299 e. The number of nitrogens with one attached hydrogen (secondary N) is 1. The van der Waals surface area contributed by atoms with Crippen LogP contribution in [0.4, 0.5) is 14.6 Å². The molecule has 0 saturated carbocycles. The maximum absolute atomic E-state index is 12.9. The molecular weight excluding hydrogens is 332 g/mol. The molecule has 1 aromatic carbocycles. The minimum atomic E-state index is -2.74. The van der Waals surface area contributed by atoms with E-state index in [9.17, 15) is 8.78 Å². The van der Waals surface area contributed by atoms with Crippen LogP contribution in [0.15, 0.2) is 30.3 Å². The summed E-state index contributed by atoms with van der Waals surface area (Å²) in [6.45, 7) is 0.434. The molecule has 0 radical (unpaired) electrons. The molecule has 1 aliphatic rings. The number of methoxy groups -OCH3 is 1. The normalized spacial score (nSPS) is 16.6. The van der Waals surface area contributed by atoms with Gasteiger partial charge in [-0.3, -0.25) is 0 Å². The summed E-state index contributed by atoms with van der Waals surface area (Å²) >= 11 is 0. The van der Waals surface area contributed by atoms with E-state index >= 15 is 0 Å². The number of anilines is 1. The van der Waals surface area contributed by atoms with Crippen LogP contribution in [0.25, 0.3) is 5.65 Å². The standard InChI is InChI=1S/C16H15F2N5O2/c1-24-11-3-2-9-6-10(8-25-12(9)7-11)19-13-4-5-14-20-21-16(15(17)18)23(14)22-13/h2-5,7,10,15H,6,8H2,1H3,(H,19,22). The molecule has 0 aliphatic carbocycles. The van der Waals surface area contributed by atoms with Crippen molar-refractivity contribution in [2.75, 3.05) is 19.0 Å². The zero-order valence-corrected chi connectivity index (χ0v) is 13.3. The van der Waals surface area contributed by atoms with E-state index in [1.54, 1.807) is 19.2 Å². The van der Waals surface area contributed by atoms with Gasteiger partial charge in [0.1, 0.15) is 23.9 Å². The quantitative estimate of drug-likeness (QED) is 0.782. The van der Waals surface area contributed by atoms with Gasteiger partial charge >= 0.3 is 0 Å². The average Bonchev–Trinajstić information content (AvgIpc) is 3.04. The molecule has 130 valence electrons. The molecule has 1 aliphatic heterocycles. The summed E-state index contributed by atoms with van der Waals surface area (Å²) in [5.41, 5.74) is 1.32. The number of rotatable bonds is 4. The van der Waals surface area contributed by atoms with Crippen molar-refractivity contribution in [2.45, 2.75) is 18.9 Å². The van der Waals surface area contributed by atoms with Gasteiger partial charge in [-0.1, -0.05) is 6.07 Å². The van der Waals surface area contributed by atoms with E-state index in [-0.39, 0.29) is 11.7 Å². The second-order valence-corrected chi connectivity index (χ2v) is 5.68. The number of alkyl halides is 2. The van der Waals surface area contributed by atoms with Crippen LogP contribution in [0.2, 0.25) is 0 Å². The minimum Gasteiger partial charge on any atom is -0.497 e. The Labute approximate surface area is 141 Å². The molecule has 0 fully saturated rings. The summed E-state index contributed by atoms with van der Waals surface area (Å²) in [6.07, 6.45) is -2.01. The number of nitrogens with zero attached hydrogens (tertiary/aromatic N) is 4. The lowest BCUT2D eigenvalue weighted by molar-refractivity contribution is 0.137. The fourth-order valence-electron chi connectivity index (χ4n) is 2.80. The molecule has 1 N–H and O–H groups in total. The van der Waals surface area contributed by atoms with E-state index in [0.717, 1.165) is 28.0 Å². The summed E-state index contributed by atoms with van der Waals surface area (Å²) in [7, 11) is 1.61. The molecule has 1 unspecified atom stereocenters. The Hall–Kier alpha value is -2.97. The van der Waals surface area contributed by atoms with E-state index in [4.69, 9.17) is 9.47 Å². The van der Waals surface area contributed by atoms with Gasteiger partial charge in [0.2, 0.25) is 5.82 Å². The van der Waals surface area contributed by atoms with Crippen LogP contribution < -0.4 is 14.8 Å². The molecule has 0 spiro atoms. The van der Waals surface area contributed by atoms with Crippen LogP contribution in [0.1, 0.15) is 17.8 Å². The lowest BCUT2D eigenvalue weighted by Gasteiger charge is -2.26. The fraction of sp³-hybridized carbons (Fsp3) is 0.312. The van der Waals surface area contributed by atoms with E-state index in [1.807, 2.05) is 18.2 Å². The molecule has 3 aromatic rings. The van der Waals surface area contributed by atoms with Crippen molar-refractivity contribution in [1.29, 1.82) is 0 Å². The molecule has 9 heteroatoms. The molecule has 7 nitrogen and oxygen atoms in total. The summed E-state index contributed by atoms with van der Waals surface area (Å²) in [4.78, 5) is 0. The van der Waals surface area contributed by atoms with Gasteiger partial charge in [-0.2, -0.15) is 4.52 Å². The topological polar surface area (TPSA) is 73.6 Å². The van der Waals surface area contributed by atoms with Crippen molar-refractivity contribution in [1.82, 2.24) is 19.8 Å². The number of benzene rings is 1. The predicted octanol–water partition coefficient (Wildman–Crippen LogP) is 2.49. The first-order valence-corrected chi connectivity index (χ1v) is 7.71. The number of fused-ring (bicyclic) bond motifs is 2. The van der Waals surface area contributed by atoms with Crippen molar-refractivity contribution in [2.24, 2.45) is 0 Å². The molecular formula is C16H15F2N5O2. The average molecular weight is 347 g/mol. The van der Waals surface area contributed by atoms with Crippen molar-refractivity contribution in [3.05, 3.63) is 41.7 Å². The fourth-order valence-corrected chi connectivity index (χ4v) is 2.80. The minimum absolute atomic E-state index is 0.0303. The van der Waals surface area contributed by atoms with Gasteiger partial charge in [0.15, 0.2) is 5.65 Å². The summed E-state index contributed by atoms with van der Waals surface area (Å²) in [6, 6.07) is 8.92. The third-order valence-corrected chi connectivity index (χ3v) is 4.01. The maximum atomic E-state index is 12.9. The van der Waals surface area contributed by atoms with Gasteiger partial charge in [0.05, 0.1) is 13.2 Å². The Balaban J connectivity index is 1.54. The van der Waals surface area contributed by atoms with Crippen LogP contribution in [-0.2, 0) is 6.42 Å². The van der Waals surface area contributed by atoms with Gasteiger partial charge in [0.25, 0.3) is 6.43 Å². The second kappa shape index (κ2) is 6.15. The number of aromatic nitrogens is 4.